The van der Waals surface area contributed by atoms with E-state index >= 15 is 0 Å². The van der Waals surface area contributed by atoms with Crippen LogP contribution in [0.4, 0.5) is 0 Å². The van der Waals surface area contributed by atoms with Crippen LogP contribution in [0.25, 0.3) is 0 Å². The topological polar surface area (TPSA) is 91.7 Å². The number of hydrogen-bond donors (Lipinski definition) is 2. The van der Waals surface area contributed by atoms with Crippen molar-refractivity contribution in [3.63, 3.8) is 0 Å². The molecule has 0 aromatic carbocycles. The van der Waals surface area contributed by atoms with Gasteiger partial charge in [0.25, 0.3) is 10.1 Å². The highest BCUT2D eigenvalue weighted by molar-refractivity contribution is 7.92. The van der Waals surface area contributed by atoms with Gasteiger partial charge in [0.1, 0.15) is 12.8 Å². The first-order valence-corrected chi connectivity index (χ1v) is 12.3. The highest BCUT2D eigenvalue weighted by atomic mass is 32.2. The molecule has 0 aliphatic carbocycles. The quantitative estimate of drug-likeness (QED) is 0.187. The number of rotatable bonds is 13. The molecular formula is C19H35O5PS. The Bertz CT molecular complexity index is 628. The molecule has 0 aromatic heterocycles. The molecule has 0 heterocycles. The average molecular weight is 407 g/mol. The van der Waals surface area contributed by atoms with Gasteiger partial charge in [-0.25, -0.2) is 0 Å². The summed E-state index contributed by atoms with van der Waals surface area (Å²) >= 11 is 0. The Morgan fingerprint density at radius 2 is 1.46 bits per heavy atom. The average Bonchev–Trinajstić information content (AvgIpc) is 2.52. The van der Waals surface area contributed by atoms with Crippen molar-refractivity contribution in [2.75, 3.05) is 6.35 Å². The Hall–Kier alpha value is -0.680. The molecule has 0 saturated heterocycles. The molecule has 0 aromatic rings. The first-order chi connectivity index (χ1) is 12.1. The Kier molecular flexibility index (Phi) is 13.1. The zero-order valence-electron chi connectivity index (χ0n) is 16.5. The summed E-state index contributed by atoms with van der Waals surface area (Å²) in [5.74, 6) is 0. The van der Waals surface area contributed by atoms with Gasteiger partial charge in [0, 0.05) is 0 Å². The summed E-state index contributed by atoms with van der Waals surface area (Å²) in [6.45, 7) is 8.40. The summed E-state index contributed by atoms with van der Waals surface area (Å²) in [6, 6.07) is 0. The maximum atomic E-state index is 11.6. The van der Waals surface area contributed by atoms with Gasteiger partial charge in [-0.3, -0.25) is 4.55 Å². The van der Waals surface area contributed by atoms with E-state index in [1.165, 1.54) is 16.7 Å². The van der Waals surface area contributed by atoms with Gasteiger partial charge in [0.05, 0.1) is 6.35 Å². The SMILES string of the molecule is CC(C)=CCC/C(C)=C/CC/C(C)=C/CCCC([PH](=O)CO)S(=O)(=O)O. The Morgan fingerprint density at radius 3 is 1.92 bits per heavy atom. The molecule has 0 aliphatic rings. The number of hydrogen-bond acceptors (Lipinski definition) is 4. The number of unbranched alkanes of at least 4 members (excludes halogenated alkanes) is 1. The van der Waals surface area contributed by atoms with Crippen molar-refractivity contribution in [2.45, 2.75) is 77.6 Å². The predicted molar refractivity (Wildman–Crippen MR) is 111 cm³/mol. The molecule has 7 heteroatoms. The highest BCUT2D eigenvalue weighted by Crippen LogP contribution is 2.34. The molecule has 0 aliphatic heterocycles. The van der Waals surface area contributed by atoms with Crippen molar-refractivity contribution in [3.8, 4) is 0 Å². The van der Waals surface area contributed by atoms with Gasteiger partial charge < -0.3 is 9.67 Å². The van der Waals surface area contributed by atoms with Crippen molar-refractivity contribution < 1.29 is 22.6 Å². The van der Waals surface area contributed by atoms with Crippen LogP contribution in [0.5, 0.6) is 0 Å². The van der Waals surface area contributed by atoms with Crippen LogP contribution in [0.3, 0.4) is 0 Å². The fourth-order valence-corrected chi connectivity index (χ4v) is 5.32. The minimum Gasteiger partial charge on any atom is -0.389 e. The van der Waals surface area contributed by atoms with E-state index in [9.17, 15) is 13.0 Å². The Balaban J connectivity index is 4.25. The molecule has 0 bridgehead atoms. The van der Waals surface area contributed by atoms with Crippen LogP contribution in [0.1, 0.15) is 72.6 Å². The van der Waals surface area contributed by atoms with E-state index in [0.717, 1.165) is 25.7 Å². The van der Waals surface area contributed by atoms with E-state index in [1.807, 2.05) is 6.92 Å². The van der Waals surface area contributed by atoms with Gasteiger partial charge in [-0.05, 0) is 72.6 Å². The summed E-state index contributed by atoms with van der Waals surface area (Å²) in [7, 11) is -7.10. The molecule has 26 heavy (non-hydrogen) atoms. The third-order valence-electron chi connectivity index (χ3n) is 4.16. The summed E-state index contributed by atoms with van der Waals surface area (Å²) in [5, 5.41) is 8.87. The summed E-state index contributed by atoms with van der Waals surface area (Å²) in [5.41, 5.74) is 3.97. The molecule has 0 spiro atoms. The first kappa shape index (κ1) is 25.3. The minimum absolute atomic E-state index is 0.102. The fraction of sp³-hybridized carbons (Fsp3) is 0.684. The van der Waals surface area contributed by atoms with Crippen LogP contribution in [0.15, 0.2) is 34.9 Å². The molecule has 0 radical (unpaired) electrons. The lowest BCUT2D eigenvalue weighted by molar-refractivity contribution is 0.360. The summed E-state index contributed by atoms with van der Waals surface area (Å²) < 4.78 is 43.1. The number of allylic oxidation sites excluding steroid dienone is 6. The van der Waals surface area contributed by atoms with E-state index < -0.39 is 29.3 Å². The van der Waals surface area contributed by atoms with Crippen molar-refractivity contribution in [3.05, 3.63) is 34.9 Å². The van der Waals surface area contributed by atoms with Crippen LogP contribution in [-0.4, -0.2) is 29.4 Å². The smallest absolute Gasteiger partial charge is 0.274 e. The predicted octanol–water partition coefficient (Wildman–Crippen LogP) is 5.30. The lowest BCUT2D eigenvalue weighted by Crippen LogP contribution is -2.17. The maximum Gasteiger partial charge on any atom is 0.274 e. The molecule has 2 N–H and O–H groups in total. The maximum absolute atomic E-state index is 11.6. The second kappa shape index (κ2) is 13.5. The van der Waals surface area contributed by atoms with Crippen LogP contribution in [-0.2, 0) is 14.7 Å². The zero-order valence-corrected chi connectivity index (χ0v) is 18.3. The standard InChI is InChI=1S/C19H35O5PS/c1-16(2)9-7-11-18(4)13-8-12-17(3)10-5-6-14-19(25(21)15-20)26(22,23)24/h9-10,13,19-20,25H,5-8,11-12,14-15H2,1-4H3,(H,22,23,24)/b17-10+,18-13+. The zero-order chi connectivity index (χ0) is 20.2. The van der Waals surface area contributed by atoms with Gasteiger partial charge in [-0.1, -0.05) is 34.9 Å². The minimum atomic E-state index is -4.37. The third-order valence-corrected chi connectivity index (χ3v) is 8.12. The van der Waals surface area contributed by atoms with Gasteiger partial charge in [0.2, 0.25) is 0 Å². The normalized spacial score (nSPS) is 15.6. The molecule has 0 rings (SSSR count). The summed E-state index contributed by atoms with van der Waals surface area (Å²) in [6.07, 6.45) is 11.2. The highest BCUT2D eigenvalue weighted by Gasteiger charge is 2.27. The molecule has 0 saturated carbocycles. The lowest BCUT2D eigenvalue weighted by atomic mass is 10.1. The van der Waals surface area contributed by atoms with Crippen LogP contribution in [0.2, 0.25) is 0 Å². The van der Waals surface area contributed by atoms with Gasteiger partial charge in [-0.15, -0.1) is 0 Å². The summed E-state index contributed by atoms with van der Waals surface area (Å²) in [4.78, 5) is -1.34. The van der Waals surface area contributed by atoms with Crippen LogP contribution < -0.4 is 0 Å². The fourth-order valence-electron chi connectivity index (χ4n) is 2.57. The van der Waals surface area contributed by atoms with Gasteiger partial charge in [0.15, 0.2) is 0 Å². The van der Waals surface area contributed by atoms with E-state index in [2.05, 4.69) is 39.0 Å². The third kappa shape index (κ3) is 12.6. The second-order valence-corrected chi connectivity index (χ2v) is 11.0. The molecule has 2 unspecified atom stereocenters. The van der Waals surface area contributed by atoms with Gasteiger partial charge >= 0.3 is 0 Å². The van der Waals surface area contributed by atoms with E-state index in [1.54, 1.807) is 0 Å². The molecular weight excluding hydrogens is 371 g/mol. The van der Waals surface area contributed by atoms with Crippen LogP contribution >= 0.6 is 7.80 Å². The molecule has 2 atom stereocenters. The monoisotopic (exact) mass is 406 g/mol. The van der Waals surface area contributed by atoms with Crippen molar-refractivity contribution in [1.82, 2.24) is 0 Å². The molecule has 152 valence electrons. The largest absolute Gasteiger partial charge is 0.389 e. The van der Waals surface area contributed by atoms with Crippen LogP contribution in [0, 0.1) is 0 Å². The first-order valence-electron chi connectivity index (χ1n) is 9.12. The van der Waals surface area contributed by atoms with Crippen molar-refractivity contribution in [1.29, 1.82) is 0 Å². The van der Waals surface area contributed by atoms with Gasteiger partial charge in [-0.2, -0.15) is 8.42 Å². The lowest BCUT2D eigenvalue weighted by Gasteiger charge is -2.11. The number of aliphatic hydroxyl groups is 1. The van der Waals surface area contributed by atoms with Crippen molar-refractivity contribution >= 4 is 17.9 Å². The molecule has 0 amide bonds. The second-order valence-electron chi connectivity index (χ2n) is 7.02. The van der Waals surface area contributed by atoms with Crippen molar-refractivity contribution in [2.24, 2.45) is 0 Å². The molecule has 5 nitrogen and oxygen atoms in total. The van der Waals surface area contributed by atoms with E-state index in [4.69, 9.17) is 9.66 Å². The Labute approximate surface area is 159 Å². The van der Waals surface area contributed by atoms with E-state index in [0.29, 0.717) is 12.8 Å². The number of aliphatic hydroxyl groups excluding tert-OH is 1. The van der Waals surface area contributed by atoms with E-state index in [-0.39, 0.29) is 6.42 Å². The Morgan fingerprint density at radius 1 is 0.962 bits per heavy atom. The molecule has 0 fully saturated rings.